The van der Waals surface area contributed by atoms with Crippen LogP contribution in [-0.4, -0.2) is 14.3 Å². The summed E-state index contributed by atoms with van der Waals surface area (Å²) < 4.78 is 13.5. The van der Waals surface area contributed by atoms with E-state index in [1.165, 1.54) is 11.1 Å². The number of nitrogens with zero attached hydrogens (tertiary/aromatic N) is 1. The number of hydrogen-bond donors (Lipinski definition) is 0. The summed E-state index contributed by atoms with van der Waals surface area (Å²) >= 11 is 0. The Morgan fingerprint density at radius 1 is 1.31 bits per heavy atom. The van der Waals surface area contributed by atoms with E-state index in [4.69, 9.17) is 0 Å². The molecule has 0 saturated heterocycles. The highest BCUT2D eigenvalue weighted by Crippen LogP contribution is 2.23. The molecule has 1 heterocycles. The lowest BCUT2D eigenvalue weighted by Crippen LogP contribution is -2.20. The molecule has 1 unspecified atom stereocenters. The predicted molar refractivity (Wildman–Crippen MR) is 54.4 cm³/mol. The normalized spacial score (nSPS) is 18.5. The molecule has 0 spiro atoms. The zero-order valence-corrected chi connectivity index (χ0v) is 8.51. The van der Waals surface area contributed by atoms with Gasteiger partial charge in [0.2, 0.25) is 0 Å². The molecule has 0 aromatic heterocycles. The molecule has 0 amide bonds. The van der Waals surface area contributed by atoms with Gasteiger partial charge >= 0.3 is 0 Å². The largest absolute Gasteiger partial charge is 0.243 e. The Morgan fingerprint density at radius 3 is 2.31 bits per heavy atom. The van der Waals surface area contributed by atoms with Gasteiger partial charge in [0.15, 0.2) is 0 Å². The first-order valence-corrected chi connectivity index (χ1v) is 5.79. The summed E-state index contributed by atoms with van der Waals surface area (Å²) in [5.74, 6) is 0.716. The summed E-state index contributed by atoms with van der Waals surface area (Å²) in [5, 5.41) is 0. The van der Waals surface area contributed by atoms with Crippen LogP contribution < -0.4 is 0 Å². The molecule has 3 heteroatoms. The first-order chi connectivity index (χ1) is 6.31. The molecule has 2 nitrogen and oxygen atoms in total. The molecule has 1 atom stereocenters. The van der Waals surface area contributed by atoms with Crippen molar-refractivity contribution < 1.29 is 4.21 Å². The Labute approximate surface area is 81.2 Å². The van der Waals surface area contributed by atoms with Crippen molar-refractivity contribution in [3.05, 3.63) is 35.4 Å². The monoisotopic (exact) mass is 195 g/mol. The van der Waals surface area contributed by atoms with Gasteiger partial charge in [-0.25, -0.2) is 8.51 Å². The molecule has 0 N–H and O–H groups in total. The maximum absolute atomic E-state index is 11.5. The van der Waals surface area contributed by atoms with E-state index in [1.807, 2.05) is 23.4 Å². The van der Waals surface area contributed by atoms with Gasteiger partial charge < -0.3 is 0 Å². The first-order valence-electron chi connectivity index (χ1n) is 4.51. The molecule has 13 heavy (non-hydrogen) atoms. The summed E-state index contributed by atoms with van der Waals surface area (Å²) in [6.45, 7) is 3.65. The fourth-order valence-electron chi connectivity index (χ4n) is 1.63. The van der Waals surface area contributed by atoms with Gasteiger partial charge in [-0.1, -0.05) is 31.2 Å². The minimum Gasteiger partial charge on any atom is -0.243 e. The maximum Gasteiger partial charge on any atom is 0.0946 e. The zero-order chi connectivity index (χ0) is 9.26. The van der Waals surface area contributed by atoms with Gasteiger partial charge in [-0.3, -0.25) is 0 Å². The third kappa shape index (κ3) is 1.67. The molecule has 1 aromatic rings. The lowest BCUT2D eigenvalue weighted by Gasteiger charge is -2.11. The molecule has 0 aliphatic carbocycles. The van der Waals surface area contributed by atoms with Crippen molar-refractivity contribution in [2.75, 3.05) is 5.75 Å². The predicted octanol–water partition coefficient (Wildman–Crippen LogP) is 1.69. The van der Waals surface area contributed by atoms with Crippen molar-refractivity contribution in [3.63, 3.8) is 0 Å². The fraction of sp³-hybridized carbons (Fsp3) is 0.400. The van der Waals surface area contributed by atoms with E-state index in [9.17, 15) is 4.21 Å². The Bertz CT molecular complexity index is 312. The second kappa shape index (κ2) is 3.60. The maximum atomic E-state index is 11.5. The van der Waals surface area contributed by atoms with Gasteiger partial charge in [0.05, 0.1) is 11.0 Å². The second-order valence-electron chi connectivity index (χ2n) is 3.18. The Balaban J connectivity index is 2.18. The molecular weight excluding hydrogens is 182 g/mol. The summed E-state index contributed by atoms with van der Waals surface area (Å²) in [6, 6.07) is 8.30. The summed E-state index contributed by atoms with van der Waals surface area (Å²) in [4.78, 5) is 0. The van der Waals surface area contributed by atoms with Crippen LogP contribution in [0.2, 0.25) is 0 Å². The van der Waals surface area contributed by atoms with Crippen LogP contribution in [0.15, 0.2) is 24.3 Å². The third-order valence-corrected chi connectivity index (χ3v) is 3.67. The third-order valence-electron chi connectivity index (χ3n) is 2.35. The first kappa shape index (κ1) is 8.91. The van der Waals surface area contributed by atoms with Gasteiger partial charge in [-0.15, -0.1) is 0 Å². The van der Waals surface area contributed by atoms with Crippen LogP contribution in [-0.2, 0) is 24.1 Å². The molecule has 0 fully saturated rings. The highest BCUT2D eigenvalue weighted by Gasteiger charge is 2.21. The number of rotatable bonds is 2. The lowest BCUT2D eigenvalue weighted by molar-refractivity contribution is 0.475. The smallest absolute Gasteiger partial charge is 0.0946 e. The van der Waals surface area contributed by atoms with E-state index < -0.39 is 11.0 Å². The Hall–Kier alpha value is -0.670. The summed E-state index contributed by atoms with van der Waals surface area (Å²) in [5.41, 5.74) is 2.65. The molecule has 2 rings (SSSR count). The van der Waals surface area contributed by atoms with Crippen LogP contribution in [0.25, 0.3) is 0 Å². The number of hydrogen-bond acceptors (Lipinski definition) is 1. The summed E-state index contributed by atoms with van der Waals surface area (Å²) in [7, 11) is -0.795. The van der Waals surface area contributed by atoms with E-state index >= 15 is 0 Å². The van der Waals surface area contributed by atoms with E-state index in [0.717, 1.165) is 13.1 Å². The van der Waals surface area contributed by atoms with Crippen molar-refractivity contribution in [1.82, 2.24) is 4.31 Å². The quantitative estimate of drug-likeness (QED) is 0.703. The molecule has 1 aliphatic heterocycles. The Kier molecular flexibility index (Phi) is 2.47. The van der Waals surface area contributed by atoms with E-state index in [1.54, 1.807) is 0 Å². The summed E-state index contributed by atoms with van der Waals surface area (Å²) in [6.07, 6.45) is 0. The number of benzene rings is 1. The SMILES string of the molecule is CCS(=O)N1Cc2ccccc2C1. The molecule has 1 aliphatic rings. The molecule has 0 saturated carbocycles. The standard InChI is InChI=1S/C10H13NOS/c1-2-13(12)11-7-9-5-3-4-6-10(9)8-11/h3-6H,2,7-8H2,1H3. The van der Waals surface area contributed by atoms with Crippen LogP contribution in [0.5, 0.6) is 0 Å². The lowest BCUT2D eigenvalue weighted by atomic mass is 10.1. The van der Waals surface area contributed by atoms with Crippen LogP contribution in [0.4, 0.5) is 0 Å². The van der Waals surface area contributed by atoms with Crippen LogP contribution in [0.1, 0.15) is 18.1 Å². The highest BCUT2D eigenvalue weighted by atomic mass is 32.2. The Morgan fingerprint density at radius 2 is 1.85 bits per heavy atom. The molecule has 1 aromatic carbocycles. The number of fused-ring (bicyclic) bond motifs is 1. The van der Waals surface area contributed by atoms with Gasteiger partial charge in [0.25, 0.3) is 0 Å². The average molecular weight is 195 g/mol. The van der Waals surface area contributed by atoms with Gasteiger partial charge in [0.1, 0.15) is 0 Å². The van der Waals surface area contributed by atoms with Crippen molar-refractivity contribution in [1.29, 1.82) is 0 Å². The second-order valence-corrected chi connectivity index (χ2v) is 4.91. The molecule has 0 radical (unpaired) electrons. The highest BCUT2D eigenvalue weighted by molar-refractivity contribution is 7.82. The van der Waals surface area contributed by atoms with Crippen molar-refractivity contribution in [2.45, 2.75) is 20.0 Å². The fourth-order valence-corrected chi connectivity index (χ4v) is 2.56. The van der Waals surface area contributed by atoms with E-state index in [-0.39, 0.29) is 0 Å². The van der Waals surface area contributed by atoms with E-state index in [2.05, 4.69) is 12.1 Å². The van der Waals surface area contributed by atoms with Crippen molar-refractivity contribution >= 4 is 11.0 Å². The van der Waals surface area contributed by atoms with E-state index in [0.29, 0.717) is 5.75 Å². The molecule has 0 bridgehead atoms. The van der Waals surface area contributed by atoms with Gasteiger partial charge in [0, 0.05) is 18.8 Å². The van der Waals surface area contributed by atoms with Gasteiger partial charge in [-0.05, 0) is 11.1 Å². The van der Waals surface area contributed by atoms with Crippen LogP contribution in [0.3, 0.4) is 0 Å². The minimum atomic E-state index is -0.795. The molecular formula is C10H13NOS. The van der Waals surface area contributed by atoms with Crippen molar-refractivity contribution in [2.24, 2.45) is 0 Å². The minimum absolute atomic E-state index is 0.716. The zero-order valence-electron chi connectivity index (χ0n) is 7.69. The van der Waals surface area contributed by atoms with Gasteiger partial charge in [-0.2, -0.15) is 0 Å². The van der Waals surface area contributed by atoms with Crippen molar-refractivity contribution in [3.8, 4) is 0 Å². The molecule has 70 valence electrons. The topological polar surface area (TPSA) is 20.3 Å². The van der Waals surface area contributed by atoms with Crippen LogP contribution >= 0.6 is 0 Å². The average Bonchev–Trinajstić information content (AvgIpc) is 2.59. The van der Waals surface area contributed by atoms with Crippen LogP contribution in [0, 0.1) is 0 Å².